The Hall–Kier alpha value is -1.42. The van der Waals surface area contributed by atoms with Crippen LogP contribution in [0.2, 0.25) is 0 Å². The van der Waals surface area contributed by atoms with Crippen LogP contribution in [-0.4, -0.2) is 16.0 Å². The number of anilines is 1. The van der Waals surface area contributed by atoms with Crippen LogP contribution in [0.25, 0.3) is 11.3 Å². The minimum Gasteiger partial charge on any atom is -0.395 e. The average molecular weight is 219 g/mol. The number of benzene rings is 1. The van der Waals surface area contributed by atoms with Crippen molar-refractivity contribution in [1.29, 1.82) is 0 Å². The number of nitrogens with zero attached hydrogens (tertiary/aromatic N) is 1. The van der Waals surface area contributed by atoms with Gasteiger partial charge in [0.15, 0.2) is 0 Å². The molecule has 3 nitrogen and oxygen atoms in total. The highest BCUT2D eigenvalue weighted by molar-refractivity contribution is 7.99. The van der Waals surface area contributed by atoms with E-state index in [1.165, 1.54) is 0 Å². The number of nitrogens with one attached hydrogen (secondary N) is 1. The van der Waals surface area contributed by atoms with Crippen molar-refractivity contribution in [2.45, 2.75) is 11.9 Å². The fourth-order valence-electron chi connectivity index (χ4n) is 1.41. The van der Waals surface area contributed by atoms with E-state index in [1.54, 1.807) is 11.8 Å². The van der Waals surface area contributed by atoms with Crippen molar-refractivity contribution in [2.24, 2.45) is 0 Å². The molecular weight excluding hydrogens is 206 g/mol. The Morgan fingerprint density at radius 2 is 2.07 bits per heavy atom. The maximum atomic E-state index is 6.01. The average Bonchev–Trinajstić information content (AvgIpc) is 2.63. The number of aromatic nitrogens is 2. The molecule has 0 radical (unpaired) electrons. The summed E-state index contributed by atoms with van der Waals surface area (Å²) in [7, 11) is 0. The first-order valence-corrected chi connectivity index (χ1v) is 5.83. The lowest BCUT2D eigenvalue weighted by Crippen LogP contribution is -1.88. The molecule has 0 fully saturated rings. The van der Waals surface area contributed by atoms with E-state index in [-0.39, 0.29) is 0 Å². The highest BCUT2D eigenvalue weighted by Gasteiger charge is 2.10. The van der Waals surface area contributed by atoms with Crippen LogP contribution in [0.3, 0.4) is 0 Å². The van der Waals surface area contributed by atoms with Crippen molar-refractivity contribution < 1.29 is 0 Å². The molecule has 1 aromatic heterocycles. The molecule has 2 rings (SSSR count). The molecule has 0 aliphatic carbocycles. The van der Waals surface area contributed by atoms with Crippen LogP contribution in [-0.2, 0) is 0 Å². The second-order valence-electron chi connectivity index (χ2n) is 3.12. The molecule has 0 aliphatic rings. The molecule has 15 heavy (non-hydrogen) atoms. The van der Waals surface area contributed by atoms with E-state index in [9.17, 15) is 0 Å². The zero-order valence-electron chi connectivity index (χ0n) is 8.53. The van der Waals surface area contributed by atoms with E-state index in [2.05, 4.69) is 17.1 Å². The summed E-state index contributed by atoms with van der Waals surface area (Å²) in [6.45, 7) is 2.08. The van der Waals surface area contributed by atoms with E-state index in [4.69, 9.17) is 5.73 Å². The highest BCUT2D eigenvalue weighted by Crippen LogP contribution is 2.31. The summed E-state index contributed by atoms with van der Waals surface area (Å²) in [5.41, 5.74) is 8.73. The number of thioether (sulfide) groups is 1. The molecular formula is C11H13N3S. The Morgan fingerprint density at radius 3 is 2.73 bits per heavy atom. The van der Waals surface area contributed by atoms with Crippen molar-refractivity contribution >= 4 is 17.4 Å². The third kappa shape index (κ3) is 1.99. The monoisotopic (exact) mass is 219 g/mol. The van der Waals surface area contributed by atoms with Gasteiger partial charge in [0, 0.05) is 5.56 Å². The van der Waals surface area contributed by atoms with Crippen LogP contribution in [0, 0.1) is 0 Å². The first-order chi connectivity index (χ1) is 7.33. The second kappa shape index (κ2) is 4.40. The number of rotatable bonds is 3. The number of nitrogens with two attached hydrogens (primary N) is 1. The highest BCUT2D eigenvalue weighted by atomic mass is 32.2. The third-order valence-corrected chi connectivity index (χ3v) is 2.99. The Balaban J connectivity index is 2.38. The van der Waals surface area contributed by atoms with Gasteiger partial charge >= 0.3 is 0 Å². The van der Waals surface area contributed by atoms with Gasteiger partial charge in [-0.1, -0.05) is 37.3 Å². The zero-order valence-corrected chi connectivity index (χ0v) is 9.34. The van der Waals surface area contributed by atoms with Crippen molar-refractivity contribution in [3.8, 4) is 11.3 Å². The van der Waals surface area contributed by atoms with Crippen LogP contribution in [0.5, 0.6) is 0 Å². The zero-order chi connectivity index (χ0) is 10.7. The predicted molar refractivity (Wildman–Crippen MR) is 64.8 cm³/mol. The molecule has 0 bridgehead atoms. The number of nitrogen functional groups attached to an aromatic ring is 1. The normalized spacial score (nSPS) is 10.5. The molecule has 0 saturated heterocycles. The first-order valence-electron chi connectivity index (χ1n) is 4.85. The van der Waals surface area contributed by atoms with Gasteiger partial charge in [-0.2, -0.15) is 5.10 Å². The molecule has 0 amide bonds. The van der Waals surface area contributed by atoms with Crippen LogP contribution in [0.4, 0.5) is 5.69 Å². The smallest absolute Gasteiger partial charge is 0.142 e. The van der Waals surface area contributed by atoms with Crippen molar-refractivity contribution in [1.82, 2.24) is 10.2 Å². The first kappa shape index (κ1) is 10.1. The van der Waals surface area contributed by atoms with Gasteiger partial charge in [-0.25, -0.2) is 0 Å². The van der Waals surface area contributed by atoms with Gasteiger partial charge in [0.1, 0.15) is 5.03 Å². The number of aromatic amines is 1. The molecule has 0 spiro atoms. The second-order valence-corrected chi connectivity index (χ2v) is 4.37. The summed E-state index contributed by atoms with van der Waals surface area (Å²) < 4.78 is 0. The molecule has 0 saturated carbocycles. The van der Waals surface area contributed by atoms with Gasteiger partial charge in [-0.15, -0.1) is 11.8 Å². The van der Waals surface area contributed by atoms with Gasteiger partial charge in [-0.3, -0.25) is 5.10 Å². The Labute approximate surface area is 93.1 Å². The SMILES string of the molecule is CCSc1n[nH]c(-c2ccccc2)c1N. The maximum Gasteiger partial charge on any atom is 0.142 e. The van der Waals surface area contributed by atoms with E-state index in [0.717, 1.165) is 27.7 Å². The molecule has 0 aliphatic heterocycles. The van der Waals surface area contributed by atoms with E-state index in [0.29, 0.717) is 0 Å². The summed E-state index contributed by atoms with van der Waals surface area (Å²) in [4.78, 5) is 0. The lowest BCUT2D eigenvalue weighted by Gasteiger charge is -1.99. The van der Waals surface area contributed by atoms with Gasteiger partial charge in [0.05, 0.1) is 11.4 Å². The summed E-state index contributed by atoms with van der Waals surface area (Å²) >= 11 is 1.65. The Morgan fingerprint density at radius 1 is 1.33 bits per heavy atom. The molecule has 1 aromatic carbocycles. The fourth-order valence-corrected chi connectivity index (χ4v) is 2.05. The van der Waals surface area contributed by atoms with Gasteiger partial charge in [-0.05, 0) is 5.75 Å². The largest absolute Gasteiger partial charge is 0.395 e. The molecule has 0 atom stereocenters. The molecule has 4 heteroatoms. The van der Waals surface area contributed by atoms with Gasteiger partial charge in [0.2, 0.25) is 0 Å². The maximum absolute atomic E-state index is 6.01. The Bertz CT molecular complexity index is 436. The van der Waals surface area contributed by atoms with E-state index >= 15 is 0 Å². The van der Waals surface area contributed by atoms with Crippen molar-refractivity contribution in [3.63, 3.8) is 0 Å². The minimum absolute atomic E-state index is 0.744. The van der Waals surface area contributed by atoms with Crippen LogP contribution in [0.1, 0.15) is 6.92 Å². The standard InChI is InChI=1S/C11H13N3S/c1-2-15-11-9(12)10(13-14-11)8-6-4-3-5-7-8/h3-7H,2,12H2,1H3,(H,13,14). The topological polar surface area (TPSA) is 54.7 Å². The van der Waals surface area contributed by atoms with Gasteiger partial charge < -0.3 is 5.73 Å². The van der Waals surface area contributed by atoms with Crippen molar-refractivity contribution in [3.05, 3.63) is 30.3 Å². The van der Waals surface area contributed by atoms with Crippen LogP contribution in [0.15, 0.2) is 35.4 Å². The van der Waals surface area contributed by atoms with E-state index < -0.39 is 0 Å². The van der Waals surface area contributed by atoms with Gasteiger partial charge in [0.25, 0.3) is 0 Å². The van der Waals surface area contributed by atoms with Crippen LogP contribution < -0.4 is 5.73 Å². The Kier molecular flexibility index (Phi) is 2.97. The summed E-state index contributed by atoms with van der Waals surface area (Å²) in [6, 6.07) is 10.00. The van der Waals surface area contributed by atoms with E-state index in [1.807, 2.05) is 30.3 Å². The number of hydrogen-bond acceptors (Lipinski definition) is 3. The summed E-state index contributed by atoms with van der Waals surface area (Å²) in [5.74, 6) is 0.975. The minimum atomic E-state index is 0.744. The lowest BCUT2D eigenvalue weighted by atomic mass is 10.1. The third-order valence-electron chi connectivity index (χ3n) is 2.11. The summed E-state index contributed by atoms with van der Waals surface area (Å²) in [6.07, 6.45) is 0. The molecule has 0 unspecified atom stereocenters. The van der Waals surface area contributed by atoms with Crippen molar-refractivity contribution in [2.75, 3.05) is 11.5 Å². The quantitative estimate of drug-likeness (QED) is 0.780. The predicted octanol–water partition coefficient (Wildman–Crippen LogP) is 2.77. The molecule has 2 aromatic rings. The number of H-pyrrole nitrogens is 1. The molecule has 78 valence electrons. The van der Waals surface area contributed by atoms with Crippen LogP contribution >= 0.6 is 11.8 Å². The lowest BCUT2D eigenvalue weighted by molar-refractivity contribution is 1.01. The molecule has 3 N–H and O–H groups in total. The fraction of sp³-hybridized carbons (Fsp3) is 0.182. The number of hydrogen-bond donors (Lipinski definition) is 2. The summed E-state index contributed by atoms with van der Waals surface area (Å²) in [5, 5.41) is 8.06. The molecule has 1 heterocycles.